The maximum Gasteiger partial charge on any atom is 0.261 e. The van der Waals surface area contributed by atoms with Gasteiger partial charge in [-0.1, -0.05) is 0 Å². The first-order valence-corrected chi connectivity index (χ1v) is 9.19. The molecule has 0 fully saturated rings. The molecule has 1 rings (SSSR count). The van der Waals surface area contributed by atoms with Crippen LogP contribution in [0.4, 0.5) is 10.1 Å². The quantitative estimate of drug-likeness (QED) is 0.817. The molecular formula is C14H22FNOPY+. The molecule has 0 aliphatic heterocycles. The fourth-order valence-electron chi connectivity index (χ4n) is 1.79. The Kier molecular flexibility index (Phi) is 7.87. The predicted molar refractivity (Wildman–Crippen MR) is 78.7 cm³/mol. The zero-order valence-corrected chi connectivity index (χ0v) is 16.1. The van der Waals surface area contributed by atoms with E-state index >= 15 is 0 Å². The Morgan fingerprint density at radius 2 is 1.74 bits per heavy atom. The van der Waals surface area contributed by atoms with Crippen molar-refractivity contribution < 1.29 is 41.9 Å². The Labute approximate surface area is 141 Å². The van der Waals surface area contributed by atoms with Gasteiger partial charge in [-0.3, -0.25) is 4.79 Å². The van der Waals surface area contributed by atoms with Gasteiger partial charge in [-0.2, -0.15) is 0 Å². The Hall–Kier alpha value is 0.154. The summed E-state index contributed by atoms with van der Waals surface area (Å²) in [6.45, 7) is 10.1. The van der Waals surface area contributed by atoms with Crippen LogP contribution in [-0.4, -0.2) is 31.6 Å². The summed E-state index contributed by atoms with van der Waals surface area (Å²) < 4.78 is 13.2. The molecule has 1 aromatic rings. The molecule has 103 valence electrons. The average molecular weight is 359 g/mol. The summed E-state index contributed by atoms with van der Waals surface area (Å²) >= 11 is 0. The van der Waals surface area contributed by atoms with Crippen molar-refractivity contribution in [2.75, 3.05) is 31.0 Å². The van der Waals surface area contributed by atoms with Crippen LogP contribution >= 0.6 is 7.26 Å². The maximum absolute atomic E-state index is 13.2. The minimum absolute atomic E-state index is 0. The van der Waals surface area contributed by atoms with E-state index in [1.54, 1.807) is 0 Å². The van der Waals surface area contributed by atoms with E-state index in [1.165, 1.54) is 12.1 Å². The van der Waals surface area contributed by atoms with Gasteiger partial charge in [0.1, 0.15) is 12.0 Å². The largest absolute Gasteiger partial charge is 0.322 e. The van der Waals surface area contributed by atoms with E-state index in [4.69, 9.17) is 0 Å². The summed E-state index contributed by atoms with van der Waals surface area (Å²) in [7, 11) is -1.14. The number of amides is 1. The number of carbonyl (C=O) groups is 1. The van der Waals surface area contributed by atoms with E-state index < -0.39 is 7.26 Å². The van der Waals surface area contributed by atoms with Crippen molar-refractivity contribution in [1.82, 2.24) is 0 Å². The number of benzene rings is 1. The maximum atomic E-state index is 13.2. The SMILES string of the molecule is CC[P+](C)(C)CC(=O)Nc1c(C)cc(F)cc1C.[Y]. The van der Waals surface area contributed by atoms with Crippen molar-refractivity contribution in [2.24, 2.45) is 0 Å². The van der Waals surface area contributed by atoms with Crippen LogP contribution in [0.25, 0.3) is 0 Å². The van der Waals surface area contributed by atoms with Gasteiger partial charge < -0.3 is 5.32 Å². The first-order valence-electron chi connectivity index (χ1n) is 6.14. The average Bonchev–Trinajstić information content (AvgIpc) is 2.22. The van der Waals surface area contributed by atoms with Crippen molar-refractivity contribution in [2.45, 2.75) is 20.8 Å². The van der Waals surface area contributed by atoms with Crippen molar-refractivity contribution in [3.63, 3.8) is 0 Å². The molecule has 5 heteroatoms. The Balaban J connectivity index is 0.00000324. The summed E-state index contributed by atoms with van der Waals surface area (Å²) in [5.74, 6) is -0.225. The number of nitrogens with one attached hydrogen (secondary N) is 1. The predicted octanol–water partition coefficient (Wildman–Crippen LogP) is 3.68. The van der Waals surface area contributed by atoms with Crippen molar-refractivity contribution >= 4 is 18.9 Å². The molecule has 1 radical (unpaired) electrons. The van der Waals surface area contributed by atoms with E-state index in [0.717, 1.165) is 23.0 Å². The van der Waals surface area contributed by atoms with Gasteiger partial charge in [-0.15, -0.1) is 0 Å². The van der Waals surface area contributed by atoms with Crippen LogP contribution in [0.3, 0.4) is 0 Å². The van der Waals surface area contributed by atoms with Crippen molar-refractivity contribution in [3.05, 3.63) is 29.1 Å². The van der Waals surface area contributed by atoms with E-state index in [0.29, 0.717) is 6.16 Å². The van der Waals surface area contributed by atoms with Crippen molar-refractivity contribution in [1.29, 1.82) is 0 Å². The molecule has 0 aliphatic rings. The first kappa shape index (κ1) is 19.2. The second-order valence-corrected chi connectivity index (χ2v) is 10.2. The van der Waals surface area contributed by atoms with Crippen LogP contribution in [0.5, 0.6) is 0 Å². The second-order valence-electron chi connectivity index (χ2n) is 5.37. The molecule has 0 aliphatic carbocycles. The minimum atomic E-state index is -1.14. The fourth-order valence-corrected chi connectivity index (χ4v) is 2.87. The summed E-state index contributed by atoms with van der Waals surface area (Å²) in [6, 6.07) is 2.89. The van der Waals surface area contributed by atoms with Crippen LogP contribution in [0, 0.1) is 19.7 Å². The van der Waals surface area contributed by atoms with Gasteiger partial charge in [-0.25, -0.2) is 4.39 Å². The van der Waals surface area contributed by atoms with Crippen LogP contribution in [-0.2, 0) is 37.5 Å². The van der Waals surface area contributed by atoms with Crippen LogP contribution in [0.15, 0.2) is 12.1 Å². The minimum Gasteiger partial charge on any atom is -0.322 e. The monoisotopic (exact) mass is 359 g/mol. The number of aryl methyl sites for hydroxylation is 2. The van der Waals surface area contributed by atoms with Crippen LogP contribution in [0.2, 0.25) is 0 Å². The Bertz CT molecular complexity index is 440. The van der Waals surface area contributed by atoms with Gasteiger partial charge >= 0.3 is 0 Å². The third-order valence-electron chi connectivity index (χ3n) is 3.19. The summed E-state index contributed by atoms with van der Waals surface area (Å²) in [6.07, 6.45) is 1.64. The number of hydrogen-bond acceptors (Lipinski definition) is 1. The third-order valence-corrected chi connectivity index (χ3v) is 6.04. The van der Waals surface area contributed by atoms with Gasteiger partial charge in [-0.05, 0) is 44.0 Å². The number of halogens is 1. The first-order chi connectivity index (χ1) is 8.25. The molecule has 1 aromatic carbocycles. The smallest absolute Gasteiger partial charge is 0.261 e. The number of hydrogen-bond donors (Lipinski definition) is 1. The van der Waals surface area contributed by atoms with Crippen molar-refractivity contribution in [3.8, 4) is 0 Å². The standard InChI is InChI=1S/C14H21FNOP.Y/c1-6-18(4,5)9-13(17)16-14-10(2)7-12(15)8-11(14)3;/h7-8H,6,9H2,1-5H3;/p+1. The van der Waals surface area contributed by atoms with E-state index in [1.807, 2.05) is 13.8 Å². The Morgan fingerprint density at radius 3 is 2.16 bits per heavy atom. The normalized spacial score (nSPS) is 10.8. The van der Waals surface area contributed by atoms with E-state index in [-0.39, 0.29) is 44.4 Å². The molecule has 0 spiro atoms. The molecule has 1 amide bonds. The van der Waals surface area contributed by atoms with E-state index in [9.17, 15) is 9.18 Å². The third kappa shape index (κ3) is 5.98. The topological polar surface area (TPSA) is 29.1 Å². The molecule has 2 nitrogen and oxygen atoms in total. The van der Waals surface area contributed by atoms with Gasteiger partial charge in [0, 0.05) is 59.0 Å². The fraction of sp³-hybridized carbons (Fsp3) is 0.500. The zero-order valence-electron chi connectivity index (χ0n) is 12.4. The summed E-state index contributed by atoms with van der Waals surface area (Å²) in [5.41, 5.74) is 2.29. The van der Waals surface area contributed by atoms with Crippen LogP contribution in [0.1, 0.15) is 18.1 Å². The van der Waals surface area contributed by atoms with Crippen LogP contribution < -0.4 is 5.32 Å². The van der Waals surface area contributed by atoms with Gasteiger partial charge in [0.15, 0.2) is 0 Å². The molecule has 0 saturated heterocycles. The molecular weight excluding hydrogens is 337 g/mol. The molecule has 0 unspecified atom stereocenters. The molecule has 0 atom stereocenters. The molecule has 0 aromatic heterocycles. The molecule has 19 heavy (non-hydrogen) atoms. The zero-order chi connectivity index (χ0) is 13.9. The molecule has 1 N–H and O–H groups in total. The molecule has 0 heterocycles. The van der Waals surface area contributed by atoms with Gasteiger partial charge in [0.2, 0.25) is 0 Å². The second kappa shape index (κ2) is 7.81. The molecule has 0 bridgehead atoms. The van der Waals surface area contributed by atoms with Gasteiger partial charge in [0.05, 0.1) is 6.16 Å². The summed E-state index contributed by atoms with van der Waals surface area (Å²) in [5, 5.41) is 2.92. The Morgan fingerprint density at radius 1 is 1.26 bits per heavy atom. The number of carbonyl (C=O) groups excluding carboxylic acids is 1. The van der Waals surface area contributed by atoms with Gasteiger partial charge in [0.25, 0.3) is 5.91 Å². The van der Waals surface area contributed by atoms with E-state index in [2.05, 4.69) is 25.6 Å². The molecule has 0 saturated carbocycles. The number of anilines is 1. The number of rotatable bonds is 4. The summed E-state index contributed by atoms with van der Waals surface area (Å²) in [4.78, 5) is 12.0.